The first-order valence-corrected chi connectivity index (χ1v) is 8.63. The summed E-state index contributed by atoms with van der Waals surface area (Å²) in [5, 5.41) is 3.43. The molecule has 0 spiro atoms. The van der Waals surface area contributed by atoms with Crippen molar-refractivity contribution in [1.29, 1.82) is 0 Å². The van der Waals surface area contributed by atoms with Gasteiger partial charge in [-0.3, -0.25) is 0 Å². The molecular formula is C10H21NO2S2. The summed E-state index contributed by atoms with van der Waals surface area (Å²) in [4.78, 5) is 0. The largest absolute Gasteiger partial charge is 0.313 e. The van der Waals surface area contributed by atoms with Crippen LogP contribution in [0.4, 0.5) is 0 Å². The first-order chi connectivity index (χ1) is 7.14. The lowest BCUT2D eigenvalue weighted by atomic mass is 10.2. The van der Waals surface area contributed by atoms with E-state index in [2.05, 4.69) is 5.32 Å². The first kappa shape index (κ1) is 13.3. The van der Waals surface area contributed by atoms with Crippen LogP contribution in [-0.2, 0) is 9.84 Å². The van der Waals surface area contributed by atoms with Crippen molar-refractivity contribution in [2.45, 2.75) is 32.2 Å². The van der Waals surface area contributed by atoms with Gasteiger partial charge in [0.1, 0.15) is 9.84 Å². The predicted octanol–water partition coefficient (Wildman–Crippen LogP) is 1.30. The van der Waals surface area contributed by atoms with E-state index < -0.39 is 9.84 Å². The maximum absolute atomic E-state index is 11.2. The monoisotopic (exact) mass is 251 g/mol. The lowest BCUT2D eigenvalue weighted by molar-refractivity contribution is 0.506. The van der Waals surface area contributed by atoms with Crippen LogP contribution in [0.1, 0.15) is 26.2 Å². The molecule has 90 valence electrons. The van der Waals surface area contributed by atoms with E-state index in [0.717, 1.165) is 13.0 Å². The Morgan fingerprint density at radius 1 is 1.47 bits per heavy atom. The second-order valence-corrected chi connectivity index (χ2v) is 7.58. The van der Waals surface area contributed by atoms with E-state index in [9.17, 15) is 8.42 Å². The average Bonchev–Trinajstić information content (AvgIpc) is 2.26. The molecule has 1 N–H and O–H groups in total. The van der Waals surface area contributed by atoms with Crippen molar-refractivity contribution in [3.8, 4) is 0 Å². The maximum Gasteiger partial charge on any atom is 0.150 e. The van der Waals surface area contributed by atoms with Gasteiger partial charge in [0.25, 0.3) is 0 Å². The zero-order chi connectivity index (χ0) is 11.1. The second kappa shape index (κ2) is 6.76. The third kappa shape index (κ3) is 5.78. The zero-order valence-corrected chi connectivity index (χ0v) is 11.0. The van der Waals surface area contributed by atoms with Gasteiger partial charge in [-0.25, -0.2) is 8.42 Å². The molecule has 3 nitrogen and oxygen atoms in total. The highest BCUT2D eigenvalue weighted by molar-refractivity contribution is 7.99. The standard InChI is InChI=1S/C10H21NO2S2/c1-2-15(12,13)8-4-6-11-10-5-3-7-14-9-10/h10-11H,2-9H2,1H3. The van der Waals surface area contributed by atoms with Gasteiger partial charge in [0.05, 0.1) is 5.75 Å². The Balaban J connectivity index is 2.06. The summed E-state index contributed by atoms with van der Waals surface area (Å²) in [5.74, 6) is 3.06. The van der Waals surface area contributed by atoms with Crippen LogP contribution in [0.3, 0.4) is 0 Å². The molecule has 0 aromatic carbocycles. The molecule has 1 atom stereocenters. The van der Waals surface area contributed by atoms with Crippen LogP contribution in [0, 0.1) is 0 Å². The minimum absolute atomic E-state index is 0.270. The molecular weight excluding hydrogens is 230 g/mol. The predicted molar refractivity (Wildman–Crippen MR) is 67.3 cm³/mol. The summed E-state index contributed by atoms with van der Waals surface area (Å²) in [6.45, 7) is 2.55. The summed E-state index contributed by atoms with van der Waals surface area (Å²) in [6, 6.07) is 0.605. The fourth-order valence-electron chi connectivity index (χ4n) is 1.64. The Labute approximate surface area is 97.3 Å². The van der Waals surface area contributed by atoms with Crippen LogP contribution in [0.5, 0.6) is 0 Å². The lowest BCUT2D eigenvalue weighted by Crippen LogP contribution is -2.35. The molecule has 1 heterocycles. The van der Waals surface area contributed by atoms with Crippen LogP contribution in [0.15, 0.2) is 0 Å². The van der Waals surface area contributed by atoms with E-state index in [4.69, 9.17) is 0 Å². The molecule has 1 aliphatic heterocycles. The molecule has 1 aliphatic rings. The summed E-state index contributed by atoms with van der Waals surface area (Å²) < 4.78 is 22.4. The Bertz CT molecular complexity index is 259. The summed E-state index contributed by atoms with van der Waals surface area (Å²) in [6.07, 6.45) is 3.28. The summed E-state index contributed by atoms with van der Waals surface area (Å²) in [5.41, 5.74) is 0. The normalized spacial score (nSPS) is 22.9. The Morgan fingerprint density at radius 3 is 2.87 bits per heavy atom. The van der Waals surface area contributed by atoms with Crippen molar-refractivity contribution in [2.24, 2.45) is 0 Å². The van der Waals surface area contributed by atoms with Crippen LogP contribution in [-0.4, -0.2) is 44.0 Å². The van der Waals surface area contributed by atoms with E-state index in [0.29, 0.717) is 11.8 Å². The first-order valence-electron chi connectivity index (χ1n) is 5.65. The van der Waals surface area contributed by atoms with Gasteiger partial charge in [0.2, 0.25) is 0 Å². The second-order valence-electron chi connectivity index (χ2n) is 3.96. The molecule has 0 saturated carbocycles. The van der Waals surface area contributed by atoms with Crippen molar-refractivity contribution in [2.75, 3.05) is 29.6 Å². The zero-order valence-electron chi connectivity index (χ0n) is 9.37. The molecule has 1 rings (SSSR count). The molecule has 1 unspecified atom stereocenters. The molecule has 0 aliphatic carbocycles. The third-order valence-electron chi connectivity index (χ3n) is 2.67. The summed E-state index contributed by atoms with van der Waals surface area (Å²) in [7, 11) is -2.77. The van der Waals surface area contributed by atoms with Gasteiger partial charge < -0.3 is 5.32 Å². The van der Waals surface area contributed by atoms with E-state index in [1.54, 1.807) is 6.92 Å². The van der Waals surface area contributed by atoms with Crippen molar-refractivity contribution in [1.82, 2.24) is 5.32 Å². The summed E-state index contributed by atoms with van der Waals surface area (Å²) >= 11 is 1.99. The van der Waals surface area contributed by atoms with Crippen molar-refractivity contribution < 1.29 is 8.42 Å². The van der Waals surface area contributed by atoms with Gasteiger partial charge in [-0.2, -0.15) is 11.8 Å². The fourth-order valence-corrected chi connectivity index (χ4v) is 3.62. The number of thioether (sulfide) groups is 1. The molecule has 1 fully saturated rings. The molecule has 0 bridgehead atoms. The number of hydrogen-bond acceptors (Lipinski definition) is 4. The minimum Gasteiger partial charge on any atom is -0.313 e. The van der Waals surface area contributed by atoms with Gasteiger partial charge in [-0.15, -0.1) is 0 Å². The topological polar surface area (TPSA) is 46.2 Å². The number of hydrogen-bond donors (Lipinski definition) is 1. The van der Waals surface area contributed by atoms with Crippen molar-refractivity contribution in [3.05, 3.63) is 0 Å². The molecule has 15 heavy (non-hydrogen) atoms. The molecule has 5 heteroatoms. The number of sulfone groups is 1. The minimum atomic E-state index is -2.77. The molecule has 0 aromatic rings. The highest BCUT2D eigenvalue weighted by Crippen LogP contribution is 2.16. The molecule has 0 amide bonds. The molecule has 0 aromatic heterocycles. The van der Waals surface area contributed by atoms with Crippen LogP contribution >= 0.6 is 11.8 Å². The van der Waals surface area contributed by atoms with E-state index >= 15 is 0 Å². The Kier molecular flexibility index (Phi) is 6.00. The molecule has 0 radical (unpaired) electrons. The van der Waals surface area contributed by atoms with Gasteiger partial charge in [-0.05, 0) is 31.6 Å². The fraction of sp³-hybridized carbons (Fsp3) is 1.00. The van der Waals surface area contributed by atoms with Gasteiger partial charge >= 0.3 is 0 Å². The van der Waals surface area contributed by atoms with E-state index in [-0.39, 0.29) is 5.75 Å². The quantitative estimate of drug-likeness (QED) is 0.723. The molecule has 1 saturated heterocycles. The third-order valence-corrected chi connectivity index (χ3v) is 5.67. The van der Waals surface area contributed by atoms with Crippen molar-refractivity contribution >= 4 is 21.6 Å². The number of nitrogens with one attached hydrogen (secondary N) is 1. The van der Waals surface area contributed by atoms with Gasteiger partial charge in [0.15, 0.2) is 0 Å². The van der Waals surface area contributed by atoms with Crippen LogP contribution in [0.25, 0.3) is 0 Å². The van der Waals surface area contributed by atoms with Crippen LogP contribution in [0.2, 0.25) is 0 Å². The van der Waals surface area contributed by atoms with Crippen molar-refractivity contribution in [3.63, 3.8) is 0 Å². The van der Waals surface area contributed by atoms with Gasteiger partial charge in [-0.1, -0.05) is 6.92 Å². The number of rotatable bonds is 6. The van der Waals surface area contributed by atoms with E-state index in [1.807, 2.05) is 11.8 Å². The highest BCUT2D eigenvalue weighted by atomic mass is 32.2. The Morgan fingerprint density at radius 2 is 2.27 bits per heavy atom. The lowest BCUT2D eigenvalue weighted by Gasteiger charge is -2.22. The average molecular weight is 251 g/mol. The van der Waals surface area contributed by atoms with Crippen LogP contribution < -0.4 is 5.32 Å². The van der Waals surface area contributed by atoms with E-state index in [1.165, 1.54) is 24.3 Å². The maximum atomic E-state index is 11.2. The SMILES string of the molecule is CCS(=O)(=O)CCCNC1CCCSC1. The van der Waals surface area contributed by atoms with Gasteiger partial charge in [0, 0.05) is 17.5 Å². The highest BCUT2D eigenvalue weighted by Gasteiger charge is 2.13. The smallest absolute Gasteiger partial charge is 0.150 e. The Hall–Kier alpha value is 0.260.